The van der Waals surface area contributed by atoms with Crippen LogP contribution in [0.15, 0.2) is 58.0 Å². The van der Waals surface area contributed by atoms with Crippen molar-refractivity contribution in [3.05, 3.63) is 58.6 Å². The molecule has 3 rings (SSSR count). The van der Waals surface area contributed by atoms with E-state index in [-0.39, 0.29) is 5.54 Å². The molecule has 0 amide bonds. The molecule has 0 atom stereocenters. The van der Waals surface area contributed by atoms with Crippen molar-refractivity contribution in [3.63, 3.8) is 0 Å². The van der Waals surface area contributed by atoms with Crippen molar-refractivity contribution < 1.29 is 4.74 Å². The van der Waals surface area contributed by atoms with Crippen LogP contribution >= 0.6 is 15.9 Å². The van der Waals surface area contributed by atoms with Crippen molar-refractivity contribution in [3.8, 4) is 11.1 Å². The molecule has 0 saturated carbocycles. The Hall–Kier alpha value is -1.61. The number of ether oxygens (including phenoxy) is 1. The molecule has 102 valence electrons. The van der Waals surface area contributed by atoms with E-state index in [1.54, 1.807) is 0 Å². The molecule has 20 heavy (non-hydrogen) atoms. The third kappa shape index (κ3) is 2.63. The molecule has 0 spiro atoms. The van der Waals surface area contributed by atoms with E-state index in [1.807, 2.05) is 24.3 Å². The minimum absolute atomic E-state index is 0.137. The summed E-state index contributed by atoms with van der Waals surface area (Å²) in [5.74, 6) is 0.744. The Kier molecular flexibility index (Phi) is 3.38. The minimum Gasteiger partial charge on any atom is -0.475 e. The van der Waals surface area contributed by atoms with Crippen molar-refractivity contribution in [2.75, 3.05) is 6.61 Å². The van der Waals surface area contributed by atoms with Gasteiger partial charge < -0.3 is 4.74 Å². The van der Waals surface area contributed by atoms with Crippen LogP contribution in [0.3, 0.4) is 0 Å². The van der Waals surface area contributed by atoms with Gasteiger partial charge in [-0.05, 0) is 43.2 Å². The Bertz CT molecular complexity index is 659. The van der Waals surface area contributed by atoms with Crippen LogP contribution in [0.2, 0.25) is 0 Å². The summed E-state index contributed by atoms with van der Waals surface area (Å²) in [6.07, 6.45) is 0. The standard InChI is InChI=1S/C17H16BrNO/c1-17(2)11-20-16(19-17)15-6-4-3-5-14(15)12-7-9-13(18)10-8-12/h3-10H,11H2,1-2H3. The Balaban J connectivity index is 2.08. The molecule has 0 N–H and O–H groups in total. The lowest BCUT2D eigenvalue weighted by Gasteiger charge is -2.09. The molecular weight excluding hydrogens is 314 g/mol. The topological polar surface area (TPSA) is 21.6 Å². The van der Waals surface area contributed by atoms with Crippen LogP contribution in [-0.4, -0.2) is 18.0 Å². The van der Waals surface area contributed by atoms with Gasteiger partial charge in [-0.1, -0.05) is 46.3 Å². The molecule has 0 unspecified atom stereocenters. The zero-order valence-electron chi connectivity index (χ0n) is 11.6. The zero-order chi connectivity index (χ0) is 14.2. The smallest absolute Gasteiger partial charge is 0.217 e. The third-order valence-electron chi connectivity index (χ3n) is 3.28. The van der Waals surface area contributed by atoms with Crippen molar-refractivity contribution in [1.29, 1.82) is 0 Å². The summed E-state index contributed by atoms with van der Waals surface area (Å²) in [6.45, 7) is 4.81. The average Bonchev–Trinajstić information content (AvgIpc) is 2.80. The van der Waals surface area contributed by atoms with Gasteiger partial charge in [-0.3, -0.25) is 0 Å². The van der Waals surface area contributed by atoms with E-state index in [9.17, 15) is 0 Å². The lowest BCUT2D eigenvalue weighted by Crippen LogP contribution is -2.17. The quantitative estimate of drug-likeness (QED) is 0.784. The Morgan fingerprint density at radius 3 is 2.25 bits per heavy atom. The molecule has 0 bridgehead atoms. The largest absolute Gasteiger partial charge is 0.475 e. The summed E-state index contributed by atoms with van der Waals surface area (Å²) in [5, 5.41) is 0. The summed E-state index contributed by atoms with van der Waals surface area (Å²) in [5.41, 5.74) is 3.24. The number of hydrogen-bond donors (Lipinski definition) is 0. The van der Waals surface area contributed by atoms with Gasteiger partial charge in [0.1, 0.15) is 6.61 Å². The summed E-state index contributed by atoms with van der Waals surface area (Å²) in [4.78, 5) is 4.68. The molecule has 1 aliphatic rings. The number of benzene rings is 2. The first kappa shape index (κ1) is 13.4. The number of aliphatic imine (C=N–C) groups is 1. The Labute approximate surface area is 127 Å². The number of halogens is 1. The number of nitrogens with zero attached hydrogens (tertiary/aromatic N) is 1. The van der Waals surface area contributed by atoms with Crippen LogP contribution in [-0.2, 0) is 4.74 Å². The van der Waals surface area contributed by atoms with Gasteiger partial charge in [0.25, 0.3) is 0 Å². The highest BCUT2D eigenvalue weighted by Gasteiger charge is 2.28. The molecule has 2 aromatic carbocycles. The maximum Gasteiger partial charge on any atom is 0.217 e. The second kappa shape index (κ2) is 5.06. The molecule has 1 aliphatic heterocycles. The van der Waals surface area contributed by atoms with Crippen LogP contribution in [0.1, 0.15) is 19.4 Å². The first-order valence-corrected chi connectivity index (χ1v) is 7.42. The van der Waals surface area contributed by atoms with Crippen LogP contribution in [0, 0.1) is 0 Å². The second-order valence-corrected chi connectivity index (χ2v) is 6.49. The molecule has 2 aromatic rings. The maximum atomic E-state index is 5.78. The molecule has 2 nitrogen and oxygen atoms in total. The monoisotopic (exact) mass is 329 g/mol. The lowest BCUT2D eigenvalue weighted by molar-refractivity contribution is 0.279. The SMILES string of the molecule is CC1(C)COC(c2ccccc2-c2ccc(Br)cc2)=N1. The normalized spacial score (nSPS) is 16.6. The van der Waals surface area contributed by atoms with Crippen LogP contribution < -0.4 is 0 Å². The second-order valence-electron chi connectivity index (χ2n) is 5.57. The fraction of sp³-hybridized carbons (Fsp3) is 0.235. The van der Waals surface area contributed by atoms with Gasteiger partial charge in [0, 0.05) is 10.0 Å². The first-order valence-electron chi connectivity index (χ1n) is 6.63. The van der Waals surface area contributed by atoms with Crippen molar-refractivity contribution in [2.45, 2.75) is 19.4 Å². The van der Waals surface area contributed by atoms with Crippen molar-refractivity contribution >= 4 is 21.8 Å². The summed E-state index contributed by atoms with van der Waals surface area (Å²) in [6, 6.07) is 16.5. The van der Waals surface area contributed by atoms with E-state index in [4.69, 9.17) is 4.74 Å². The maximum absolute atomic E-state index is 5.78. The molecule has 0 aliphatic carbocycles. The summed E-state index contributed by atoms with van der Waals surface area (Å²) >= 11 is 3.47. The van der Waals surface area contributed by atoms with Gasteiger partial charge in [0.2, 0.25) is 5.90 Å². The van der Waals surface area contributed by atoms with E-state index < -0.39 is 0 Å². The average molecular weight is 330 g/mol. The molecule has 3 heteroatoms. The van der Waals surface area contributed by atoms with Crippen LogP contribution in [0.4, 0.5) is 0 Å². The van der Waals surface area contributed by atoms with Crippen molar-refractivity contribution in [2.24, 2.45) is 4.99 Å². The Morgan fingerprint density at radius 1 is 1.00 bits per heavy atom. The van der Waals surface area contributed by atoms with Crippen molar-refractivity contribution in [1.82, 2.24) is 0 Å². The molecule has 0 saturated heterocycles. The van der Waals surface area contributed by atoms with E-state index in [1.165, 1.54) is 5.56 Å². The fourth-order valence-corrected chi connectivity index (χ4v) is 2.54. The molecule has 0 aromatic heterocycles. The first-order chi connectivity index (χ1) is 9.55. The minimum atomic E-state index is -0.137. The molecule has 0 radical (unpaired) electrons. The van der Waals surface area contributed by atoms with Gasteiger partial charge in [-0.2, -0.15) is 0 Å². The zero-order valence-corrected chi connectivity index (χ0v) is 13.1. The molecular formula is C17H16BrNO. The van der Waals surface area contributed by atoms with Gasteiger partial charge >= 0.3 is 0 Å². The predicted molar refractivity (Wildman–Crippen MR) is 86.1 cm³/mol. The van der Waals surface area contributed by atoms with E-state index in [0.29, 0.717) is 6.61 Å². The van der Waals surface area contributed by atoms with E-state index >= 15 is 0 Å². The number of rotatable bonds is 2. The highest BCUT2D eigenvalue weighted by atomic mass is 79.9. The van der Waals surface area contributed by atoms with Gasteiger partial charge in [0.05, 0.1) is 5.54 Å². The van der Waals surface area contributed by atoms with Crippen LogP contribution in [0.5, 0.6) is 0 Å². The van der Waals surface area contributed by atoms with Gasteiger partial charge in [0.15, 0.2) is 0 Å². The highest BCUT2D eigenvalue weighted by Crippen LogP contribution is 2.29. The third-order valence-corrected chi connectivity index (χ3v) is 3.81. The van der Waals surface area contributed by atoms with Gasteiger partial charge in [-0.15, -0.1) is 0 Å². The number of hydrogen-bond acceptors (Lipinski definition) is 2. The van der Waals surface area contributed by atoms with E-state index in [0.717, 1.165) is 21.5 Å². The molecule has 1 heterocycles. The molecule has 0 fully saturated rings. The summed E-state index contributed by atoms with van der Waals surface area (Å²) < 4.78 is 6.86. The predicted octanol–water partition coefficient (Wildman–Crippen LogP) is 4.67. The highest BCUT2D eigenvalue weighted by molar-refractivity contribution is 9.10. The summed E-state index contributed by atoms with van der Waals surface area (Å²) in [7, 11) is 0. The van der Waals surface area contributed by atoms with Gasteiger partial charge in [-0.25, -0.2) is 4.99 Å². The Morgan fingerprint density at radius 2 is 1.65 bits per heavy atom. The fourth-order valence-electron chi connectivity index (χ4n) is 2.27. The van der Waals surface area contributed by atoms with Crippen LogP contribution in [0.25, 0.3) is 11.1 Å². The van der Waals surface area contributed by atoms with E-state index in [2.05, 4.69) is 59.0 Å². The lowest BCUT2D eigenvalue weighted by atomic mass is 9.99.